The first-order chi connectivity index (χ1) is 4.92. The quantitative estimate of drug-likeness (QED) is 0.569. The number of carbonyl (C=O) groups is 1. The van der Waals surface area contributed by atoms with Crippen LogP contribution in [0.2, 0.25) is 0 Å². The Morgan fingerprint density at radius 1 is 1.55 bits per heavy atom. The number of likely N-dealkylation sites (N-methyl/N-ethyl adjacent to an activating group) is 1. The second kappa shape index (κ2) is 2.59. The van der Waals surface area contributed by atoms with E-state index in [2.05, 4.69) is 18.7 Å². The number of ketones is 1. The van der Waals surface area contributed by atoms with Crippen LogP contribution in [0.3, 0.4) is 0 Å². The number of likely N-dealkylation sites (tertiary alicyclic amines) is 1. The Morgan fingerprint density at radius 3 is 2.27 bits per heavy atom. The third-order valence-corrected chi connectivity index (χ3v) is 2.42. The highest BCUT2D eigenvalue weighted by Gasteiger charge is 2.37. The summed E-state index contributed by atoms with van der Waals surface area (Å²) in [5, 5.41) is 0. The Bertz CT molecular complexity index is 174. The van der Waals surface area contributed by atoms with Crippen molar-refractivity contribution in [1.29, 1.82) is 0 Å². The predicted molar refractivity (Wildman–Crippen MR) is 45.5 cm³/mol. The molecule has 2 heteroatoms. The van der Waals surface area contributed by atoms with Gasteiger partial charge in [0.1, 0.15) is 5.78 Å². The minimum Gasteiger partial charge on any atom is -0.298 e. The summed E-state index contributed by atoms with van der Waals surface area (Å²) in [6.45, 7) is 7.15. The van der Waals surface area contributed by atoms with Gasteiger partial charge in [-0.3, -0.25) is 9.69 Å². The molecule has 1 aliphatic heterocycles. The predicted octanol–water partition coefficient (Wildman–Crippen LogP) is 1.31. The second-order valence-electron chi connectivity index (χ2n) is 4.41. The van der Waals surface area contributed by atoms with E-state index in [4.69, 9.17) is 0 Å². The molecule has 64 valence electrons. The SMILES string of the molecule is CC(=O)C1CC(C)(C)CN1C. The minimum atomic E-state index is 0.171. The van der Waals surface area contributed by atoms with E-state index in [0.29, 0.717) is 11.2 Å². The summed E-state index contributed by atoms with van der Waals surface area (Å²) in [6.07, 6.45) is 1.01. The molecule has 0 saturated carbocycles. The Morgan fingerprint density at radius 2 is 2.09 bits per heavy atom. The van der Waals surface area contributed by atoms with Crippen LogP contribution < -0.4 is 0 Å². The van der Waals surface area contributed by atoms with Gasteiger partial charge in [0.05, 0.1) is 6.04 Å². The van der Waals surface area contributed by atoms with Gasteiger partial charge in [0, 0.05) is 6.54 Å². The molecule has 1 aliphatic rings. The monoisotopic (exact) mass is 155 g/mol. The summed E-state index contributed by atoms with van der Waals surface area (Å²) in [6, 6.07) is 0.171. The largest absolute Gasteiger partial charge is 0.298 e. The molecule has 0 radical (unpaired) electrons. The van der Waals surface area contributed by atoms with Crippen LogP contribution in [-0.2, 0) is 4.79 Å². The van der Waals surface area contributed by atoms with E-state index in [-0.39, 0.29) is 6.04 Å². The zero-order valence-electron chi connectivity index (χ0n) is 7.85. The highest BCUT2D eigenvalue weighted by molar-refractivity contribution is 5.81. The first-order valence-corrected chi connectivity index (χ1v) is 4.13. The first-order valence-electron chi connectivity index (χ1n) is 4.13. The van der Waals surface area contributed by atoms with Crippen molar-refractivity contribution >= 4 is 5.78 Å². The maximum Gasteiger partial charge on any atom is 0.146 e. The Hall–Kier alpha value is -0.370. The maximum absolute atomic E-state index is 11.1. The van der Waals surface area contributed by atoms with E-state index < -0.39 is 0 Å². The van der Waals surface area contributed by atoms with Crippen LogP contribution in [0.15, 0.2) is 0 Å². The van der Waals surface area contributed by atoms with Gasteiger partial charge in [-0.2, -0.15) is 0 Å². The summed E-state index contributed by atoms with van der Waals surface area (Å²) < 4.78 is 0. The van der Waals surface area contributed by atoms with Crippen LogP contribution in [-0.4, -0.2) is 30.3 Å². The van der Waals surface area contributed by atoms with Crippen LogP contribution in [0.25, 0.3) is 0 Å². The average molecular weight is 155 g/mol. The fourth-order valence-electron chi connectivity index (χ4n) is 1.98. The fourth-order valence-corrected chi connectivity index (χ4v) is 1.98. The molecule has 1 atom stereocenters. The maximum atomic E-state index is 11.1. The Balaban J connectivity index is 2.66. The van der Waals surface area contributed by atoms with Gasteiger partial charge in [-0.1, -0.05) is 13.8 Å². The van der Waals surface area contributed by atoms with Gasteiger partial charge >= 0.3 is 0 Å². The third-order valence-electron chi connectivity index (χ3n) is 2.42. The highest BCUT2D eigenvalue weighted by Crippen LogP contribution is 2.32. The van der Waals surface area contributed by atoms with Crippen molar-refractivity contribution in [2.75, 3.05) is 13.6 Å². The molecule has 0 aromatic rings. The van der Waals surface area contributed by atoms with Crippen molar-refractivity contribution in [3.8, 4) is 0 Å². The van der Waals surface area contributed by atoms with Crippen LogP contribution in [0, 0.1) is 5.41 Å². The van der Waals surface area contributed by atoms with Gasteiger partial charge in [-0.05, 0) is 25.8 Å². The zero-order chi connectivity index (χ0) is 8.65. The number of nitrogens with zero attached hydrogens (tertiary/aromatic N) is 1. The van der Waals surface area contributed by atoms with Gasteiger partial charge in [-0.25, -0.2) is 0 Å². The van der Waals surface area contributed by atoms with Crippen molar-refractivity contribution in [1.82, 2.24) is 4.90 Å². The summed E-state index contributed by atoms with van der Waals surface area (Å²) in [4.78, 5) is 13.3. The Kier molecular flexibility index (Phi) is 2.06. The first kappa shape index (κ1) is 8.72. The molecule has 0 N–H and O–H groups in total. The van der Waals surface area contributed by atoms with E-state index in [1.807, 2.05) is 7.05 Å². The van der Waals surface area contributed by atoms with E-state index in [1.54, 1.807) is 6.92 Å². The standard InChI is InChI=1S/C9H17NO/c1-7(11)8-5-9(2,3)6-10(8)4/h8H,5-6H2,1-4H3. The minimum absolute atomic E-state index is 0.171. The van der Waals surface area contributed by atoms with Crippen LogP contribution in [0.4, 0.5) is 0 Å². The molecule has 1 heterocycles. The molecule has 0 spiro atoms. The average Bonchev–Trinajstić information content (AvgIpc) is 2.05. The number of hydrogen-bond acceptors (Lipinski definition) is 2. The topological polar surface area (TPSA) is 20.3 Å². The van der Waals surface area contributed by atoms with Crippen LogP contribution in [0.1, 0.15) is 27.2 Å². The lowest BCUT2D eigenvalue weighted by Gasteiger charge is -2.15. The third kappa shape index (κ3) is 1.80. The van der Waals surface area contributed by atoms with Crippen molar-refractivity contribution in [2.45, 2.75) is 33.2 Å². The molecular formula is C9H17NO. The van der Waals surface area contributed by atoms with Gasteiger partial charge in [-0.15, -0.1) is 0 Å². The summed E-state index contributed by atoms with van der Waals surface area (Å²) >= 11 is 0. The molecular weight excluding hydrogens is 138 g/mol. The van der Waals surface area contributed by atoms with Crippen molar-refractivity contribution < 1.29 is 4.79 Å². The Labute approximate surface area is 68.6 Å². The molecule has 1 rings (SSSR count). The molecule has 2 nitrogen and oxygen atoms in total. The van der Waals surface area contributed by atoms with E-state index in [0.717, 1.165) is 13.0 Å². The number of rotatable bonds is 1. The number of Topliss-reactive ketones (excluding diaryl/α,β-unsaturated/α-hetero) is 1. The summed E-state index contributed by atoms with van der Waals surface area (Å²) in [5.41, 5.74) is 0.324. The lowest BCUT2D eigenvalue weighted by atomic mass is 9.90. The second-order valence-corrected chi connectivity index (χ2v) is 4.41. The summed E-state index contributed by atoms with van der Waals surface area (Å²) in [5.74, 6) is 0.304. The molecule has 0 aromatic carbocycles. The van der Waals surface area contributed by atoms with Crippen molar-refractivity contribution in [3.05, 3.63) is 0 Å². The van der Waals surface area contributed by atoms with Crippen molar-refractivity contribution in [3.63, 3.8) is 0 Å². The molecule has 11 heavy (non-hydrogen) atoms. The lowest BCUT2D eigenvalue weighted by molar-refractivity contribution is -0.120. The fraction of sp³-hybridized carbons (Fsp3) is 0.889. The highest BCUT2D eigenvalue weighted by atomic mass is 16.1. The van der Waals surface area contributed by atoms with Gasteiger partial charge in [0.2, 0.25) is 0 Å². The van der Waals surface area contributed by atoms with Crippen LogP contribution in [0.5, 0.6) is 0 Å². The molecule has 0 aromatic heterocycles. The van der Waals surface area contributed by atoms with E-state index in [1.165, 1.54) is 0 Å². The zero-order valence-corrected chi connectivity index (χ0v) is 7.85. The molecule has 0 aliphatic carbocycles. The molecule has 1 saturated heterocycles. The van der Waals surface area contributed by atoms with E-state index >= 15 is 0 Å². The van der Waals surface area contributed by atoms with E-state index in [9.17, 15) is 4.79 Å². The molecule has 0 amide bonds. The molecule has 1 unspecified atom stereocenters. The normalized spacial score (nSPS) is 30.7. The molecule has 0 bridgehead atoms. The smallest absolute Gasteiger partial charge is 0.146 e. The number of carbonyl (C=O) groups excluding carboxylic acids is 1. The summed E-state index contributed by atoms with van der Waals surface area (Å²) in [7, 11) is 2.03. The van der Waals surface area contributed by atoms with Gasteiger partial charge in [0.25, 0.3) is 0 Å². The lowest BCUT2D eigenvalue weighted by Crippen LogP contribution is -2.30. The van der Waals surface area contributed by atoms with Crippen molar-refractivity contribution in [2.24, 2.45) is 5.41 Å². The van der Waals surface area contributed by atoms with Crippen LogP contribution >= 0.6 is 0 Å². The molecule has 1 fully saturated rings. The van der Waals surface area contributed by atoms with Gasteiger partial charge < -0.3 is 0 Å². The number of hydrogen-bond donors (Lipinski definition) is 0. The van der Waals surface area contributed by atoms with Gasteiger partial charge in [0.15, 0.2) is 0 Å².